The molecule has 0 saturated heterocycles. The zero-order valence-corrected chi connectivity index (χ0v) is 17.2. The summed E-state index contributed by atoms with van der Waals surface area (Å²) in [7, 11) is -9.32. The minimum atomic E-state index is -4.67. The first-order chi connectivity index (χ1) is 14.6. The van der Waals surface area contributed by atoms with Gasteiger partial charge >= 0.3 is 59.1 Å². The van der Waals surface area contributed by atoms with Crippen molar-refractivity contribution in [3.05, 3.63) is 66.7 Å². The van der Waals surface area contributed by atoms with E-state index in [4.69, 9.17) is 0 Å². The average molecular weight is 506 g/mol. The molecule has 0 amide bonds. The summed E-state index contributed by atoms with van der Waals surface area (Å²) in [4.78, 5) is -1.01. The topological polar surface area (TPSA) is 154 Å². The molecule has 0 fully saturated rings. The molecule has 4 aromatic carbocycles. The molecule has 0 unspecified atom stereocenters. The van der Waals surface area contributed by atoms with Crippen LogP contribution in [0.25, 0.3) is 21.5 Å². The van der Waals surface area contributed by atoms with Crippen molar-refractivity contribution in [2.75, 3.05) is 0 Å². The maximum absolute atomic E-state index is 11.8. The first-order valence-corrected chi connectivity index (χ1v) is 11.6. The molecule has 0 bridgehead atoms. The van der Waals surface area contributed by atoms with Crippen LogP contribution in [0.1, 0.15) is 0 Å². The van der Waals surface area contributed by atoms with Gasteiger partial charge in [-0.3, -0.25) is 9.11 Å². The minimum absolute atomic E-state index is 0. The monoisotopic (exact) mass is 506 g/mol. The molecule has 4 rings (SSSR count). The predicted molar refractivity (Wildman–Crippen MR) is 128 cm³/mol. The molecule has 0 saturated carbocycles. The van der Waals surface area contributed by atoms with Crippen LogP contribution < -0.4 is 0 Å². The van der Waals surface area contributed by atoms with E-state index in [2.05, 4.69) is 10.2 Å². The maximum atomic E-state index is 11.8. The molecule has 0 heterocycles. The molecule has 0 aliphatic carbocycles. The Morgan fingerprint density at radius 3 is 1.79 bits per heavy atom. The number of fused-ring (bicyclic) bond motifs is 2. The van der Waals surface area contributed by atoms with Gasteiger partial charge in [0.1, 0.15) is 21.2 Å². The summed E-state index contributed by atoms with van der Waals surface area (Å²) < 4.78 is 66.5. The molecule has 9 nitrogen and oxygen atoms in total. The van der Waals surface area contributed by atoms with Crippen LogP contribution >= 0.6 is 0 Å². The fraction of sp³-hybridized carbons (Fsp3) is 0. The van der Waals surface area contributed by atoms with Crippen LogP contribution in [0.2, 0.25) is 0 Å². The summed E-state index contributed by atoms with van der Waals surface area (Å²) in [5.41, 5.74) is -0.512. The van der Waals surface area contributed by atoms with E-state index in [1.165, 1.54) is 24.3 Å². The van der Waals surface area contributed by atoms with Gasteiger partial charge in [-0.25, -0.2) is 0 Å². The van der Waals surface area contributed by atoms with Crippen molar-refractivity contribution in [2.24, 2.45) is 10.2 Å². The Morgan fingerprint density at radius 1 is 0.636 bits per heavy atom. The fourth-order valence-corrected chi connectivity index (χ4v) is 4.60. The molecular weight excluding hydrogens is 490 g/mol. The molecule has 13 heteroatoms. The van der Waals surface area contributed by atoms with E-state index in [1.54, 1.807) is 30.3 Å². The van der Waals surface area contributed by atoms with E-state index < -0.39 is 35.8 Å². The van der Waals surface area contributed by atoms with Gasteiger partial charge in [-0.05, 0) is 17.5 Å². The molecule has 33 heavy (non-hydrogen) atoms. The summed E-state index contributed by atoms with van der Waals surface area (Å²) in [5.74, 6) is -0.416. The average Bonchev–Trinajstić information content (AvgIpc) is 2.71. The van der Waals surface area contributed by atoms with Crippen LogP contribution in [0.5, 0.6) is 5.75 Å². The normalized spacial score (nSPS) is 11.9. The van der Waals surface area contributed by atoms with Crippen molar-refractivity contribution in [1.29, 1.82) is 0 Å². The molecule has 0 aromatic heterocycles. The van der Waals surface area contributed by atoms with Crippen molar-refractivity contribution in [3.8, 4) is 5.75 Å². The molecule has 0 spiro atoms. The number of hydrogen-bond donors (Lipinski definition) is 3. The summed E-state index contributed by atoms with van der Waals surface area (Å²) in [6.07, 6.45) is 0. The Morgan fingerprint density at radius 2 is 1.18 bits per heavy atom. The van der Waals surface area contributed by atoms with Gasteiger partial charge < -0.3 is 5.11 Å². The second-order valence-corrected chi connectivity index (χ2v) is 9.35. The summed E-state index contributed by atoms with van der Waals surface area (Å²) >= 11 is 0. The zero-order valence-electron chi connectivity index (χ0n) is 15.5. The van der Waals surface area contributed by atoms with Crippen LogP contribution in [0.4, 0.5) is 11.4 Å². The number of phenolic OH excluding ortho intramolecular Hbond substituents is 1. The van der Waals surface area contributed by atoms with E-state index in [0.29, 0.717) is 10.8 Å². The fourth-order valence-electron chi connectivity index (χ4n) is 3.25. The SMILES string of the molecule is O=S(=O)(O)c1ccc2ccccc2c1/N=N/c1cc(S(=O)(=O)O)c2ccccc2c1O.[NaH].[NaH]. The first kappa shape index (κ1) is 27.9. The van der Waals surface area contributed by atoms with E-state index in [9.17, 15) is 31.0 Å². The Hall–Kier alpha value is -1.38. The third-order valence-electron chi connectivity index (χ3n) is 4.64. The van der Waals surface area contributed by atoms with Gasteiger partial charge in [0, 0.05) is 16.2 Å². The van der Waals surface area contributed by atoms with Crippen molar-refractivity contribution < 1.29 is 31.0 Å². The van der Waals surface area contributed by atoms with Crippen molar-refractivity contribution in [1.82, 2.24) is 0 Å². The summed E-state index contributed by atoms with van der Waals surface area (Å²) in [6, 6.07) is 16.1. The molecule has 162 valence electrons. The summed E-state index contributed by atoms with van der Waals surface area (Å²) in [6.45, 7) is 0. The van der Waals surface area contributed by atoms with Gasteiger partial charge in [-0.15, -0.1) is 10.2 Å². The Bertz CT molecular complexity index is 1610. The van der Waals surface area contributed by atoms with Crippen molar-refractivity contribution >= 4 is 112 Å². The van der Waals surface area contributed by atoms with Crippen LogP contribution in [0, 0.1) is 0 Å². The molecule has 0 radical (unpaired) electrons. The second kappa shape index (κ2) is 10.5. The number of azo groups is 1. The van der Waals surface area contributed by atoms with Gasteiger partial charge in [-0.2, -0.15) is 16.8 Å². The van der Waals surface area contributed by atoms with E-state index in [-0.39, 0.29) is 81.3 Å². The van der Waals surface area contributed by atoms with Crippen LogP contribution in [0.15, 0.2) is 86.7 Å². The van der Waals surface area contributed by atoms with Gasteiger partial charge in [0.2, 0.25) is 0 Å². The molecule has 0 atom stereocenters. The van der Waals surface area contributed by atoms with Gasteiger partial charge in [-0.1, -0.05) is 54.6 Å². The molecular formula is C20H16N2Na2O7S2. The van der Waals surface area contributed by atoms with E-state index >= 15 is 0 Å². The van der Waals surface area contributed by atoms with Crippen LogP contribution in [0.3, 0.4) is 0 Å². The Kier molecular flexibility index (Phi) is 8.85. The predicted octanol–water partition coefficient (Wildman–Crippen LogP) is 3.31. The van der Waals surface area contributed by atoms with Gasteiger partial charge in [0.15, 0.2) is 5.75 Å². The number of benzene rings is 4. The van der Waals surface area contributed by atoms with Crippen LogP contribution in [-0.4, -0.2) is 90.2 Å². The third-order valence-corrected chi connectivity index (χ3v) is 6.41. The second-order valence-electron chi connectivity index (χ2n) is 6.57. The van der Waals surface area contributed by atoms with E-state index in [0.717, 1.165) is 12.1 Å². The van der Waals surface area contributed by atoms with Gasteiger partial charge in [0.25, 0.3) is 20.2 Å². The Balaban J connectivity index is 0.00000193. The first-order valence-electron chi connectivity index (χ1n) is 8.70. The number of hydrogen-bond acceptors (Lipinski definition) is 7. The molecule has 0 aliphatic rings. The van der Waals surface area contributed by atoms with Crippen molar-refractivity contribution in [3.63, 3.8) is 0 Å². The quantitative estimate of drug-likeness (QED) is 0.218. The third kappa shape index (κ3) is 5.65. The molecule has 4 aromatic rings. The molecule has 3 N–H and O–H groups in total. The van der Waals surface area contributed by atoms with Crippen LogP contribution in [-0.2, 0) is 20.2 Å². The van der Waals surface area contributed by atoms with E-state index in [1.807, 2.05) is 0 Å². The molecule has 0 aliphatic heterocycles. The van der Waals surface area contributed by atoms with Gasteiger partial charge in [0.05, 0.1) is 0 Å². The summed E-state index contributed by atoms with van der Waals surface area (Å²) in [5, 5.41) is 19.5. The Labute approximate surface area is 233 Å². The standard InChI is InChI=1S/C20H14N2O7S2.2Na.2H/c23-20-15-8-4-3-7-14(15)18(31(27,28)29)11-16(20)21-22-19-13-6-2-1-5-12(13)9-10-17(19)30(24,25)26;;;;/h1-11,23H,(H,24,25,26)(H,27,28,29);;;;/b22-21+;;;;. The number of nitrogens with zero attached hydrogens (tertiary/aromatic N) is 2. The number of rotatable bonds is 4. The number of phenols is 1. The van der Waals surface area contributed by atoms with Crippen molar-refractivity contribution in [2.45, 2.75) is 9.79 Å². The zero-order chi connectivity index (χ0) is 22.4. The number of aromatic hydroxyl groups is 1.